The predicted octanol–water partition coefficient (Wildman–Crippen LogP) is 0.986. The summed E-state index contributed by atoms with van der Waals surface area (Å²) in [5.74, 6) is 5.43. The van der Waals surface area contributed by atoms with Gasteiger partial charge in [-0.1, -0.05) is 0 Å². The lowest BCUT2D eigenvalue weighted by atomic mass is 10.2. The second-order valence-electron chi connectivity index (χ2n) is 2.15. The lowest BCUT2D eigenvalue weighted by molar-refractivity contribution is 0.471. The van der Waals surface area contributed by atoms with Crippen molar-refractivity contribution in [3.05, 3.63) is 23.8 Å². The molecule has 0 aliphatic rings. The Kier molecular flexibility index (Phi) is 1.78. The fourth-order valence-electron chi connectivity index (χ4n) is 0.745. The van der Waals surface area contributed by atoms with Gasteiger partial charge in [0.25, 0.3) is 0 Å². The first-order valence-electron chi connectivity index (χ1n) is 3.00. The number of phenolic OH excluding ortho intramolecular Hbond substituents is 1. The molecular weight excluding hydrogens is 128 g/mol. The molecule has 0 bridgehead atoms. The molecule has 0 spiro atoms. The van der Waals surface area contributed by atoms with Gasteiger partial charge in [0, 0.05) is 5.69 Å². The van der Waals surface area contributed by atoms with E-state index in [-0.39, 0.29) is 0 Å². The molecule has 0 atom stereocenters. The van der Waals surface area contributed by atoms with Gasteiger partial charge in [0.15, 0.2) is 0 Å². The molecule has 0 amide bonds. The molecule has 0 saturated carbocycles. The fourth-order valence-corrected chi connectivity index (χ4v) is 0.745. The Morgan fingerprint density at radius 2 is 2.20 bits per heavy atom. The number of nitrogen functional groups attached to an aromatic ring is 1. The first-order valence-corrected chi connectivity index (χ1v) is 3.00. The smallest absolute Gasteiger partial charge is 0.118 e. The number of nitrogens with two attached hydrogens (primary N) is 1. The molecule has 0 aliphatic carbocycles. The van der Waals surface area contributed by atoms with Crippen LogP contribution in [0, 0.1) is 6.92 Å². The Bertz CT molecular complexity index is 235. The van der Waals surface area contributed by atoms with Gasteiger partial charge in [-0.05, 0) is 30.7 Å². The standard InChI is InChI=1S/C7H10N2O/c1-5-4-6(9-8)2-3-7(5)10/h2-4,9-10H,8H2,1H3. The number of nitrogens with one attached hydrogen (secondary N) is 1. The molecule has 0 radical (unpaired) electrons. The van der Waals surface area contributed by atoms with Crippen LogP contribution in [0.1, 0.15) is 5.56 Å². The highest BCUT2D eigenvalue weighted by Gasteiger charge is 1.94. The van der Waals surface area contributed by atoms with Gasteiger partial charge in [-0.25, -0.2) is 0 Å². The maximum Gasteiger partial charge on any atom is 0.118 e. The monoisotopic (exact) mass is 138 g/mol. The lowest BCUT2D eigenvalue weighted by Gasteiger charge is -2.01. The number of phenols is 1. The van der Waals surface area contributed by atoms with Crippen molar-refractivity contribution in [3.63, 3.8) is 0 Å². The van der Waals surface area contributed by atoms with E-state index >= 15 is 0 Å². The van der Waals surface area contributed by atoms with E-state index in [1.165, 1.54) is 0 Å². The van der Waals surface area contributed by atoms with Gasteiger partial charge >= 0.3 is 0 Å². The van der Waals surface area contributed by atoms with Crippen molar-refractivity contribution in [2.24, 2.45) is 5.84 Å². The second kappa shape index (κ2) is 2.58. The molecule has 3 nitrogen and oxygen atoms in total. The van der Waals surface area contributed by atoms with Crippen molar-refractivity contribution in [3.8, 4) is 5.75 Å². The van der Waals surface area contributed by atoms with E-state index in [0.717, 1.165) is 11.3 Å². The Labute approximate surface area is 59.5 Å². The van der Waals surface area contributed by atoms with Crippen molar-refractivity contribution in [1.82, 2.24) is 0 Å². The molecule has 0 aliphatic heterocycles. The topological polar surface area (TPSA) is 58.3 Å². The van der Waals surface area contributed by atoms with Crippen LogP contribution >= 0.6 is 0 Å². The van der Waals surface area contributed by atoms with Crippen molar-refractivity contribution >= 4 is 5.69 Å². The average molecular weight is 138 g/mol. The SMILES string of the molecule is Cc1cc(NN)ccc1O. The van der Waals surface area contributed by atoms with Gasteiger partial charge < -0.3 is 10.5 Å². The molecule has 1 aromatic rings. The molecular formula is C7H10N2O. The summed E-state index contributed by atoms with van der Waals surface area (Å²) in [6.45, 7) is 1.82. The predicted molar refractivity (Wildman–Crippen MR) is 40.7 cm³/mol. The molecule has 4 N–H and O–H groups in total. The van der Waals surface area contributed by atoms with Crippen LogP contribution in [0.5, 0.6) is 5.75 Å². The van der Waals surface area contributed by atoms with E-state index in [0.29, 0.717) is 5.75 Å². The highest BCUT2D eigenvalue weighted by molar-refractivity contribution is 5.49. The Morgan fingerprint density at radius 3 is 2.70 bits per heavy atom. The van der Waals surface area contributed by atoms with Crippen LogP contribution in [0.4, 0.5) is 5.69 Å². The first-order chi connectivity index (χ1) is 4.74. The van der Waals surface area contributed by atoms with E-state index in [4.69, 9.17) is 10.9 Å². The van der Waals surface area contributed by atoms with Gasteiger partial charge in [0.1, 0.15) is 5.75 Å². The quantitative estimate of drug-likeness (QED) is 0.308. The Balaban J connectivity index is 3.04. The number of benzene rings is 1. The van der Waals surface area contributed by atoms with Crippen molar-refractivity contribution in [2.45, 2.75) is 6.92 Å². The van der Waals surface area contributed by atoms with Crippen molar-refractivity contribution in [2.75, 3.05) is 5.43 Å². The van der Waals surface area contributed by atoms with E-state index in [1.807, 2.05) is 6.92 Å². The maximum atomic E-state index is 9.07. The summed E-state index contributed by atoms with van der Waals surface area (Å²) >= 11 is 0. The molecule has 1 aromatic carbocycles. The van der Waals surface area contributed by atoms with E-state index in [9.17, 15) is 0 Å². The van der Waals surface area contributed by atoms with Crippen molar-refractivity contribution < 1.29 is 5.11 Å². The van der Waals surface area contributed by atoms with Gasteiger partial charge in [0.2, 0.25) is 0 Å². The zero-order chi connectivity index (χ0) is 7.56. The number of rotatable bonds is 1. The zero-order valence-electron chi connectivity index (χ0n) is 5.76. The summed E-state index contributed by atoms with van der Waals surface area (Å²) in [4.78, 5) is 0. The van der Waals surface area contributed by atoms with Gasteiger partial charge in [0.05, 0.1) is 0 Å². The minimum atomic E-state index is 0.291. The van der Waals surface area contributed by atoms with Gasteiger partial charge in [-0.15, -0.1) is 0 Å². The molecule has 0 heterocycles. The van der Waals surface area contributed by atoms with Crippen LogP contribution in [0.25, 0.3) is 0 Å². The van der Waals surface area contributed by atoms with Crippen LogP contribution in [-0.2, 0) is 0 Å². The zero-order valence-corrected chi connectivity index (χ0v) is 5.76. The largest absolute Gasteiger partial charge is 0.508 e. The number of hydrogen-bond donors (Lipinski definition) is 3. The van der Waals surface area contributed by atoms with Gasteiger partial charge in [-0.3, -0.25) is 5.84 Å². The fraction of sp³-hybridized carbons (Fsp3) is 0.143. The molecule has 54 valence electrons. The summed E-state index contributed by atoms with van der Waals surface area (Å²) in [6.07, 6.45) is 0. The third-order valence-electron chi connectivity index (χ3n) is 1.36. The van der Waals surface area contributed by atoms with E-state index in [2.05, 4.69) is 5.43 Å². The maximum absolute atomic E-state index is 9.07. The molecule has 0 unspecified atom stereocenters. The van der Waals surface area contributed by atoms with Gasteiger partial charge in [-0.2, -0.15) is 0 Å². The average Bonchev–Trinajstić information content (AvgIpc) is 1.95. The number of anilines is 1. The molecule has 0 aromatic heterocycles. The Morgan fingerprint density at radius 1 is 1.50 bits per heavy atom. The van der Waals surface area contributed by atoms with Crippen LogP contribution in [0.3, 0.4) is 0 Å². The third-order valence-corrected chi connectivity index (χ3v) is 1.36. The Hall–Kier alpha value is -1.22. The molecule has 0 saturated heterocycles. The molecule has 3 heteroatoms. The van der Waals surface area contributed by atoms with Crippen LogP contribution < -0.4 is 11.3 Å². The van der Waals surface area contributed by atoms with Crippen LogP contribution in [-0.4, -0.2) is 5.11 Å². The highest BCUT2D eigenvalue weighted by Crippen LogP contribution is 2.18. The summed E-state index contributed by atoms with van der Waals surface area (Å²) in [5.41, 5.74) is 4.10. The lowest BCUT2D eigenvalue weighted by Crippen LogP contribution is -2.06. The third kappa shape index (κ3) is 1.19. The summed E-state index contributed by atoms with van der Waals surface area (Å²) in [7, 11) is 0. The number of hydrazine groups is 1. The summed E-state index contributed by atoms with van der Waals surface area (Å²) in [5, 5.41) is 9.07. The van der Waals surface area contributed by atoms with Crippen LogP contribution in [0.2, 0.25) is 0 Å². The van der Waals surface area contributed by atoms with E-state index < -0.39 is 0 Å². The highest BCUT2D eigenvalue weighted by atomic mass is 16.3. The van der Waals surface area contributed by atoms with Crippen molar-refractivity contribution in [1.29, 1.82) is 0 Å². The molecule has 0 fully saturated rings. The normalized spacial score (nSPS) is 9.40. The van der Waals surface area contributed by atoms with E-state index in [1.54, 1.807) is 18.2 Å². The second-order valence-corrected chi connectivity index (χ2v) is 2.15. The number of aromatic hydroxyl groups is 1. The number of hydrogen-bond acceptors (Lipinski definition) is 3. The minimum Gasteiger partial charge on any atom is -0.508 e. The summed E-state index contributed by atoms with van der Waals surface area (Å²) < 4.78 is 0. The number of aryl methyl sites for hydroxylation is 1. The minimum absolute atomic E-state index is 0.291. The first kappa shape index (κ1) is 6.89. The molecule has 10 heavy (non-hydrogen) atoms. The molecule has 1 rings (SSSR count). The summed E-state index contributed by atoms with van der Waals surface area (Å²) in [6, 6.07) is 5.09. The van der Waals surface area contributed by atoms with Crippen LogP contribution in [0.15, 0.2) is 18.2 Å².